The number of benzene rings is 3. The number of amides is 2. The van der Waals surface area contributed by atoms with Gasteiger partial charge in [0.25, 0.3) is 11.8 Å². The molecule has 3 heterocycles. The van der Waals surface area contributed by atoms with E-state index >= 15 is 0 Å². The van der Waals surface area contributed by atoms with Crippen LogP contribution in [0, 0.1) is 12.7 Å². The predicted molar refractivity (Wildman–Crippen MR) is 135 cm³/mol. The highest BCUT2D eigenvalue weighted by Gasteiger charge is 2.64. The molecule has 2 amide bonds. The van der Waals surface area contributed by atoms with Gasteiger partial charge in [-0.1, -0.05) is 48.0 Å². The first-order valence-electron chi connectivity index (χ1n) is 12.0. The van der Waals surface area contributed by atoms with Crippen molar-refractivity contribution in [2.24, 2.45) is 0 Å². The van der Waals surface area contributed by atoms with E-state index in [0.29, 0.717) is 11.3 Å². The van der Waals surface area contributed by atoms with Crippen LogP contribution in [0.4, 0.5) is 10.1 Å². The summed E-state index contributed by atoms with van der Waals surface area (Å²) in [4.78, 5) is 45.1. The van der Waals surface area contributed by atoms with Crippen molar-refractivity contribution in [1.82, 2.24) is 4.90 Å². The van der Waals surface area contributed by atoms with Gasteiger partial charge in [0.2, 0.25) is 5.76 Å². The highest BCUT2D eigenvalue weighted by atomic mass is 19.1. The van der Waals surface area contributed by atoms with E-state index in [2.05, 4.69) is 0 Å². The van der Waals surface area contributed by atoms with Crippen molar-refractivity contribution in [2.45, 2.75) is 25.4 Å². The Bertz CT molecular complexity index is 1640. The summed E-state index contributed by atoms with van der Waals surface area (Å²) in [6.07, 6.45) is 0.192. The molecule has 2 aliphatic heterocycles. The molecule has 186 valence electrons. The van der Waals surface area contributed by atoms with Gasteiger partial charge in [0, 0.05) is 18.7 Å². The van der Waals surface area contributed by atoms with Crippen molar-refractivity contribution in [2.75, 3.05) is 18.1 Å². The topological polar surface area (TPSA) is 91.1 Å². The monoisotopic (exact) mass is 498 g/mol. The number of aliphatic hydroxyl groups is 1. The number of nitrogens with zero attached hydrogens (tertiary/aromatic N) is 2. The minimum absolute atomic E-state index is 0.0160. The third-order valence-electron chi connectivity index (χ3n) is 7.20. The molecule has 1 atom stereocenters. The Morgan fingerprint density at radius 1 is 1.00 bits per heavy atom. The first-order chi connectivity index (χ1) is 17.9. The lowest BCUT2D eigenvalue weighted by Gasteiger charge is -2.34. The summed E-state index contributed by atoms with van der Waals surface area (Å²) in [5.74, 6) is -1.95. The van der Waals surface area contributed by atoms with Crippen molar-refractivity contribution in [3.63, 3.8) is 0 Å². The molecule has 0 saturated carbocycles. The third kappa shape index (κ3) is 3.18. The van der Waals surface area contributed by atoms with Crippen LogP contribution >= 0.6 is 0 Å². The Kier molecular flexibility index (Phi) is 5.24. The Morgan fingerprint density at radius 3 is 2.51 bits per heavy atom. The van der Waals surface area contributed by atoms with E-state index in [9.17, 15) is 23.9 Å². The molecule has 4 aromatic rings. The molecule has 8 heteroatoms. The second-order valence-electron chi connectivity index (χ2n) is 9.41. The van der Waals surface area contributed by atoms with Gasteiger partial charge in [-0.2, -0.15) is 0 Å². The molecular weight excluding hydrogens is 475 g/mol. The quantitative estimate of drug-likeness (QED) is 0.451. The van der Waals surface area contributed by atoms with E-state index in [1.807, 2.05) is 31.2 Å². The maximum Gasteiger partial charge on any atom is 0.291 e. The van der Waals surface area contributed by atoms with E-state index in [1.165, 1.54) is 11.0 Å². The molecule has 1 N–H and O–H groups in total. The zero-order valence-electron chi connectivity index (χ0n) is 20.0. The van der Waals surface area contributed by atoms with Gasteiger partial charge in [0.1, 0.15) is 11.4 Å². The lowest BCUT2D eigenvalue weighted by atomic mass is 9.84. The summed E-state index contributed by atoms with van der Waals surface area (Å²) in [5.41, 5.74) is 0.535. The normalized spacial score (nSPS) is 18.2. The average molecular weight is 499 g/mol. The fourth-order valence-electron chi connectivity index (χ4n) is 5.52. The van der Waals surface area contributed by atoms with Crippen molar-refractivity contribution in [3.05, 3.63) is 111 Å². The molecule has 0 saturated heterocycles. The predicted octanol–water partition coefficient (Wildman–Crippen LogP) is 3.87. The minimum Gasteiger partial charge on any atom is -0.450 e. The van der Waals surface area contributed by atoms with Gasteiger partial charge in [0.05, 0.1) is 23.2 Å². The standard InChI is InChI=1S/C29H23FN2O5/c1-17-7-9-18(10-8-17)16-31-22-6-3-2-5-21(22)29(28(31)36)24-25(34)20-15-19(30)11-12-23(20)37-26(24)27(35)32(29)13-4-14-33/h2-3,5-12,15,33H,4,13-14,16H2,1H3. The molecule has 1 spiro atoms. The highest BCUT2D eigenvalue weighted by molar-refractivity contribution is 6.17. The summed E-state index contributed by atoms with van der Waals surface area (Å²) in [6.45, 7) is 2.00. The fraction of sp³-hybridized carbons (Fsp3) is 0.207. The lowest BCUT2D eigenvalue weighted by molar-refractivity contribution is -0.126. The second-order valence-corrected chi connectivity index (χ2v) is 9.41. The van der Waals surface area contributed by atoms with Gasteiger partial charge in [-0.25, -0.2) is 4.39 Å². The van der Waals surface area contributed by atoms with Crippen LogP contribution in [-0.2, 0) is 16.9 Å². The van der Waals surface area contributed by atoms with E-state index < -0.39 is 28.6 Å². The molecule has 0 radical (unpaired) electrons. The number of aliphatic hydroxyl groups excluding tert-OH is 1. The number of aryl methyl sites for hydroxylation is 1. The molecule has 1 aromatic heterocycles. The maximum absolute atomic E-state index is 14.5. The number of halogens is 1. The highest BCUT2D eigenvalue weighted by Crippen LogP contribution is 2.52. The van der Waals surface area contributed by atoms with E-state index in [-0.39, 0.29) is 48.4 Å². The first-order valence-corrected chi connectivity index (χ1v) is 12.0. The van der Waals surface area contributed by atoms with Crippen molar-refractivity contribution in [1.29, 1.82) is 0 Å². The summed E-state index contributed by atoms with van der Waals surface area (Å²) in [5, 5.41) is 9.53. The van der Waals surface area contributed by atoms with Crippen LogP contribution in [0.1, 0.15) is 39.2 Å². The summed E-state index contributed by atoms with van der Waals surface area (Å²) >= 11 is 0. The van der Waals surface area contributed by atoms with E-state index in [1.54, 1.807) is 29.2 Å². The molecule has 0 fully saturated rings. The molecule has 2 aliphatic rings. The zero-order chi connectivity index (χ0) is 25.9. The zero-order valence-corrected chi connectivity index (χ0v) is 20.0. The fourth-order valence-corrected chi connectivity index (χ4v) is 5.52. The number of carbonyl (C=O) groups excluding carboxylic acids is 2. The largest absolute Gasteiger partial charge is 0.450 e. The number of rotatable bonds is 5. The number of carbonyl (C=O) groups is 2. The lowest BCUT2D eigenvalue weighted by Crippen LogP contribution is -2.53. The van der Waals surface area contributed by atoms with Gasteiger partial charge in [-0.3, -0.25) is 14.4 Å². The van der Waals surface area contributed by atoms with Crippen molar-refractivity contribution in [3.8, 4) is 0 Å². The Hall–Kier alpha value is -4.30. The first kappa shape index (κ1) is 23.1. The van der Waals surface area contributed by atoms with Crippen LogP contribution in [0.25, 0.3) is 11.0 Å². The Balaban J connectivity index is 1.64. The summed E-state index contributed by atoms with van der Waals surface area (Å²) < 4.78 is 20.0. The van der Waals surface area contributed by atoms with Crippen LogP contribution in [0.5, 0.6) is 0 Å². The Morgan fingerprint density at radius 2 is 1.76 bits per heavy atom. The summed E-state index contributed by atoms with van der Waals surface area (Å²) in [7, 11) is 0. The van der Waals surface area contributed by atoms with E-state index in [4.69, 9.17) is 4.42 Å². The van der Waals surface area contributed by atoms with Gasteiger partial charge in [0.15, 0.2) is 11.0 Å². The van der Waals surface area contributed by atoms with Gasteiger partial charge >= 0.3 is 0 Å². The van der Waals surface area contributed by atoms with Crippen LogP contribution in [-0.4, -0.2) is 35.0 Å². The van der Waals surface area contributed by atoms with Crippen molar-refractivity contribution < 1.29 is 23.5 Å². The van der Waals surface area contributed by atoms with Gasteiger partial charge in [-0.05, 0) is 43.2 Å². The van der Waals surface area contributed by atoms with Gasteiger partial charge < -0.3 is 19.3 Å². The number of hydrogen-bond donors (Lipinski definition) is 1. The van der Waals surface area contributed by atoms with Crippen LogP contribution in [0.2, 0.25) is 0 Å². The SMILES string of the molecule is Cc1ccc(CN2C(=O)C3(c4ccccc42)c2c(oc4ccc(F)cc4c2=O)C(=O)N3CCCO)cc1. The van der Waals surface area contributed by atoms with Crippen LogP contribution < -0.4 is 10.3 Å². The molecule has 3 aromatic carbocycles. The molecule has 37 heavy (non-hydrogen) atoms. The van der Waals surface area contributed by atoms with E-state index in [0.717, 1.165) is 23.3 Å². The maximum atomic E-state index is 14.5. The van der Waals surface area contributed by atoms with Crippen LogP contribution in [0.15, 0.2) is 75.9 Å². The molecular formula is C29H23FN2O5. The summed E-state index contributed by atoms with van der Waals surface area (Å²) in [6, 6.07) is 18.3. The number of para-hydroxylation sites is 1. The minimum atomic E-state index is -1.79. The Labute approximate surface area is 211 Å². The number of fused-ring (bicyclic) bond motifs is 5. The molecule has 0 bridgehead atoms. The third-order valence-corrected chi connectivity index (χ3v) is 7.20. The molecule has 7 nitrogen and oxygen atoms in total. The van der Waals surface area contributed by atoms with Crippen molar-refractivity contribution >= 4 is 28.5 Å². The molecule has 0 aliphatic carbocycles. The van der Waals surface area contributed by atoms with Gasteiger partial charge in [-0.15, -0.1) is 0 Å². The smallest absolute Gasteiger partial charge is 0.291 e. The number of anilines is 1. The van der Waals surface area contributed by atoms with Crippen LogP contribution in [0.3, 0.4) is 0 Å². The second kappa shape index (κ2) is 8.38. The number of hydrogen-bond acceptors (Lipinski definition) is 5. The molecule has 6 rings (SSSR count). The average Bonchev–Trinajstić information content (AvgIpc) is 3.29. The molecule has 1 unspecified atom stereocenters.